The van der Waals surface area contributed by atoms with E-state index in [1.165, 1.54) is 27.1 Å². The van der Waals surface area contributed by atoms with Crippen molar-refractivity contribution >= 4 is 28.6 Å². The summed E-state index contributed by atoms with van der Waals surface area (Å²) in [5.41, 5.74) is 0.236. The fourth-order valence-electron chi connectivity index (χ4n) is 1.92. The van der Waals surface area contributed by atoms with E-state index in [0.717, 1.165) is 9.75 Å². The van der Waals surface area contributed by atoms with E-state index in [9.17, 15) is 9.90 Å². The lowest BCUT2D eigenvalue weighted by molar-refractivity contribution is 0.0913. The average molecular weight is 334 g/mol. The van der Waals surface area contributed by atoms with Crippen LogP contribution in [0.3, 0.4) is 0 Å². The molecule has 3 rings (SSSR count). The quantitative estimate of drug-likeness (QED) is 0.748. The van der Waals surface area contributed by atoms with Gasteiger partial charge in [-0.1, -0.05) is 11.3 Å². The lowest BCUT2D eigenvalue weighted by Gasteiger charge is -2.08. The van der Waals surface area contributed by atoms with Gasteiger partial charge < -0.3 is 10.4 Å². The summed E-state index contributed by atoms with van der Waals surface area (Å²) < 4.78 is 1.46. The van der Waals surface area contributed by atoms with Crippen LogP contribution in [-0.2, 0) is 7.05 Å². The van der Waals surface area contributed by atoms with Crippen LogP contribution >= 0.6 is 22.7 Å². The fourth-order valence-corrected chi connectivity index (χ4v) is 3.74. The molecule has 3 heterocycles. The SMILES string of the molecule is Cn1cc(C(=O)NC[C@H](O)c2ccc(-c3cccs3)s2)nn1. The van der Waals surface area contributed by atoms with Crippen molar-refractivity contribution in [3.63, 3.8) is 0 Å². The minimum atomic E-state index is -0.737. The summed E-state index contributed by atoms with van der Waals surface area (Å²) in [6.07, 6.45) is 0.793. The molecule has 0 radical (unpaired) electrons. The molecule has 3 aromatic heterocycles. The van der Waals surface area contributed by atoms with E-state index in [1.807, 2.05) is 29.6 Å². The van der Waals surface area contributed by atoms with Crippen LogP contribution in [0.15, 0.2) is 35.8 Å². The Labute approximate surface area is 135 Å². The smallest absolute Gasteiger partial charge is 0.273 e. The third kappa shape index (κ3) is 3.24. The first-order chi connectivity index (χ1) is 10.6. The van der Waals surface area contributed by atoms with Crippen LogP contribution in [0.5, 0.6) is 0 Å². The van der Waals surface area contributed by atoms with Crippen LogP contribution < -0.4 is 5.32 Å². The van der Waals surface area contributed by atoms with Gasteiger partial charge in [0.25, 0.3) is 5.91 Å². The molecule has 114 valence electrons. The van der Waals surface area contributed by atoms with Crippen molar-refractivity contribution in [1.82, 2.24) is 20.3 Å². The van der Waals surface area contributed by atoms with Gasteiger partial charge in [0.1, 0.15) is 6.10 Å². The van der Waals surface area contributed by atoms with E-state index in [4.69, 9.17) is 0 Å². The molecule has 0 unspecified atom stereocenters. The first-order valence-corrected chi connectivity index (χ1v) is 8.29. The summed E-state index contributed by atoms with van der Waals surface area (Å²) in [4.78, 5) is 15.0. The van der Waals surface area contributed by atoms with Crippen LogP contribution in [-0.4, -0.2) is 32.6 Å². The van der Waals surface area contributed by atoms with Crippen molar-refractivity contribution in [2.75, 3.05) is 6.54 Å². The van der Waals surface area contributed by atoms with Gasteiger partial charge in [0.05, 0.1) is 6.20 Å². The molecule has 0 saturated carbocycles. The number of thiophene rings is 2. The molecule has 0 aliphatic heterocycles. The van der Waals surface area contributed by atoms with Gasteiger partial charge in [-0.05, 0) is 23.6 Å². The average Bonchev–Trinajstić information content (AvgIpc) is 3.23. The van der Waals surface area contributed by atoms with Crippen LogP contribution in [0, 0.1) is 0 Å². The van der Waals surface area contributed by atoms with E-state index >= 15 is 0 Å². The van der Waals surface area contributed by atoms with Gasteiger partial charge in [0, 0.05) is 28.2 Å². The highest BCUT2D eigenvalue weighted by atomic mass is 32.1. The number of aryl methyl sites for hydroxylation is 1. The van der Waals surface area contributed by atoms with Crippen LogP contribution in [0.1, 0.15) is 21.5 Å². The van der Waals surface area contributed by atoms with Crippen molar-refractivity contribution in [1.29, 1.82) is 0 Å². The molecular weight excluding hydrogens is 320 g/mol. The summed E-state index contributed by atoms with van der Waals surface area (Å²) in [5.74, 6) is -0.345. The van der Waals surface area contributed by atoms with Crippen molar-refractivity contribution in [3.05, 3.63) is 46.4 Å². The van der Waals surface area contributed by atoms with E-state index in [1.54, 1.807) is 18.4 Å². The molecule has 0 fully saturated rings. The van der Waals surface area contributed by atoms with Crippen LogP contribution in [0.25, 0.3) is 9.75 Å². The molecular formula is C14H14N4O2S2. The van der Waals surface area contributed by atoms with Crippen molar-refractivity contribution in [2.45, 2.75) is 6.10 Å². The monoisotopic (exact) mass is 334 g/mol. The molecule has 0 aliphatic carbocycles. The summed E-state index contributed by atoms with van der Waals surface area (Å²) in [6.45, 7) is 0.139. The number of aliphatic hydroxyl groups is 1. The molecule has 8 heteroatoms. The molecule has 0 aromatic carbocycles. The Hall–Kier alpha value is -2.03. The number of hydrogen-bond acceptors (Lipinski definition) is 6. The number of carbonyl (C=O) groups is 1. The van der Waals surface area contributed by atoms with E-state index in [0.29, 0.717) is 0 Å². The minimum absolute atomic E-state index is 0.139. The summed E-state index contributed by atoms with van der Waals surface area (Å²) in [6, 6.07) is 7.91. The summed E-state index contributed by atoms with van der Waals surface area (Å²) in [5, 5.41) is 22.3. The predicted octanol–water partition coefficient (Wildman–Crippen LogP) is 2.07. The maximum atomic E-state index is 11.9. The third-order valence-electron chi connectivity index (χ3n) is 3.01. The number of rotatable bonds is 5. The second-order valence-electron chi connectivity index (χ2n) is 4.68. The first kappa shape index (κ1) is 14.9. The normalized spacial score (nSPS) is 12.3. The van der Waals surface area contributed by atoms with E-state index in [2.05, 4.69) is 15.6 Å². The highest BCUT2D eigenvalue weighted by Crippen LogP contribution is 2.33. The zero-order valence-corrected chi connectivity index (χ0v) is 13.4. The van der Waals surface area contributed by atoms with Gasteiger partial charge in [0.15, 0.2) is 5.69 Å². The lowest BCUT2D eigenvalue weighted by Crippen LogP contribution is -2.28. The Morgan fingerprint density at radius 1 is 1.41 bits per heavy atom. The lowest BCUT2D eigenvalue weighted by atomic mass is 10.2. The number of carbonyl (C=O) groups excluding carboxylic acids is 1. The Morgan fingerprint density at radius 3 is 2.95 bits per heavy atom. The Kier molecular flexibility index (Phi) is 4.32. The second kappa shape index (κ2) is 6.39. The maximum absolute atomic E-state index is 11.9. The minimum Gasteiger partial charge on any atom is -0.386 e. The summed E-state index contributed by atoms with van der Waals surface area (Å²) >= 11 is 3.19. The van der Waals surface area contributed by atoms with Crippen LogP contribution in [0.2, 0.25) is 0 Å². The van der Waals surface area contributed by atoms with Crippen molar-refractivity contribution in [3.8, 4) is 9.75 Å². The number of nitrogens with one attached hydrogen (secondary N) is 1. The van der Waals surface area contributed by atoms with Crippen LogP contribution in [0.4, 0.5) is 0 Å². The Morgan fingerprint density at radius 2 is 2.27 bits per heavy atom. The van der Waals surface area contributed by atoms with Crippen molar-refractivity contribution in [2.24, 2.45) is 7.05 Å². The number of aliphatic hydroxyl groups excluding tert-OH is 1. The molecule has 0 bridgehead atoms. The molecule has 1 atom stereocenters. The Bertz CT molecular complexity index is 764. The predicted molar refractivity (Wildman–Crippen MR) is 85.9 cm³/mol. The number of nitrogens with zero attached hydrogens (tertiary/aromatic N) is 3. The molecule has 0 aliphatic rings. The number of hydrogen-bond donors (Lipinski definition) is 2. The molecule has 2 N–H and O–H groups in total. The molecule has 0 saturated heterocycles. The molecule has 3 aromatic rings. The van der Waals surface area contributed by atoms with Gasteiger partial charge in [-0.3, -0.25) is 9.48 Å². The summed E-state index contributed by atoms with van der Waals surface area (Å²) in [7, 11) is 1.69. The molecule has 22 heavy (non-hydrogen) atoms. The zero-order valence-electron chi connectivity index (χ0n) is 11.8. The standard InChI is InChI=1S/C14H14N4O2S2/c1-18-8-9(16-17-18)14(20)15-7-10(19)11-4-5-13(22-11)12-3-2-6-21-12/h2-6,8,10,19H,7H2,1H3,(H,15,20)/t10-/m0/s1. The molecule has 1 amide bonds. The Balaban J connectivity index is 1.60. The van der Waals surface area contributed by atoms with Gasteiger partial charge in [-0.15, -0.1) is 27.8 Å². The number of amides is 1. The van der Waals surface area contributed by atoms with Gasteiger partial charge in [-0.2, -0.15) is 0 Å². The van der Waals surface area contributed by atoms with E-state index in [-0.39, 0.29) is 18.1 Å². The van der Waals surface area contributed by atoms with Crippen molar-refractivity contribution < 1.29 is 9.90 Å². The zero-order chi connectivity index (χ0) is 15.5. The highest BCUT2D eigenvalue weighted by molar-refractivity contribution is 7.21. The first-order valence-electron chi connectivity index (χ1n) is 6.59. The largest absolute Gasteiger partial charge is 0.386 e. The molecule has 6 nitrogen and oxygen atoms in total. The maximum Gasteiger partial charge on any atom is 0.273 e. The molecule has 0 spiro atoms. The van der Waals surface area contributed by atoms with Gasteiger partial charge in [-0.25, -0.2) is 0 Å². The number of aromatic nitrogens is 3. The van der Waals surface area contributed by atoms with E-state index < -0.39 is 6.10 Å². The third-order valence-corrected chi connectivity index (χ3v) is 5.26. The fraction of sp³-hybridized carbons (Fsp3) is 0.214. The topological polar surface area (TPSA) is 80.0 Å². The second-order valence-corrected chi connectivity index (χ2v) is 6.75. The van der Waals surface area contributed by atoms with Gasteiger partial charge in [0.2, 0.25) is 0 Å². The van der Waals surface area contributed by atoms with Gasteiger partial charge >= 0.3 is 0 Å². The highest BCUT2D eigenvalue weighted by Gasteiger charge is 2.15.